The molecule has 7 rings (SSSR count). The van der Waals surface area contributed by atoms with E-state index in [-0.39, 0.29) is 42.9 Å². The van der Waals surface area contributed by atoms with E-state index >= 15 is 0 Å². The maximum atomic E-state index is 13.6. The van der Waals surface area contributed by atoms with Gasteiger partial charge >= 0.3 is 13.8 Å². The van der Waals surface area contributed by atoms with E-state index in [0.717, 1.165) is 22.1 Å². The number of esters is 1. The average molecular weight is 638 g/mol. The fourth-order valence-electron chi connectivity index (χ4n) is 6.06. The summed E-state index contributed by atoms with van der Waals surface area (Å²) in [5, 5.41) is 12.4. The van der Waals surface area contributed by atoms with Crippen molar-refractivity contribution in [2.24, 2.45) is 0 Å². The highest BCUT2D eigenvalue weighted by Crippen LogP contribution is 2.59. The standard InChI is InChI=1S/C31H29ClN3O8P/c1-4-31(38)23-12-25-28-18(13-35(25)29(36)22(23)15-40-30(31)37)11-20-21(14-34(2)3)26(9-8-24(20)33-28)42-44(39)41-16-27(43-44)17-6-5-7-19(32)10-17/h5-12,27,38H,4,13-16H2,1-3H3/t27?,31-,44?/m1/s1. The molecule has 13 heteroatoms. The summed E-state index contributed by atoms with van der Waals surface area (Å²) in [6, 6.07) is 14.1. The van der Waals surface area contributed by atoms with E-state index in [1.165, 1.54) is 0 Å². The number of phosphoric ester groups is 1. The van der Waals surface area contributed by atoms with Gasteiger partial charge in [-0.15, -0.1) is 0 Å². The second-order valence-corrected chi connectivity index (χ2v) is 13.4. The number of cyclic esters (lactones) is 1. The zero-order valence-electron chi connectivity index (χ0n) is 24.2. The summed E-state index contributed by atoms with van der Waals surface area (Å²) >= 11 is 6.13. The second kappa shape index (κ2) is 10.5. The Hall–Kier alpha value is -3.57. The molecular weight excluding hydrogens is 609 g/mol. The minimum Gasteiger partial charge on any atom is -0.458 e. The zero-order chi connectivity index (χ0) is 31.0. The van der Waals surface area contributed by atoms with Gasteiger partial charge in [-0.3, -0.25) is 13.8 Å². The molecule has 0 bridgehead atoms. The summed E-state index contributed by atoms with van der Waals surface area (Å²) in [6.07, 6.45) is -0.538. The number of hydrogen-bond acceptors (Lipinski definition) is 10. The zero-order valence-corrected chi connectivity index (χ0v) is 25.9. The summed E-state index contributed by atoms with van der Waals surface area (Å²) in [4.78, 5) is 32.9. The molecule has 1 fully saturated rings. The third-order valence-corrected chi connectivity index (χ3v) is 9.94. The Balaban J connectivity index is 1.28. The predicted octanol–water partition coefficient (Wildman–Crippen LogP) is 5.07. The highest BCUT2D eigenvalue weighted by atomic mass is 35.5. The summed E-state index contributed by atoms with van der Waals surface area (Å²) in [7, 11) is -0.162. The van der Waals surface area contributed by atoms with Crippen molar-refractivity contribution in [3.8, 4) is 17.1 Å². The van der Waals surface area contributed by atoms with E-state index in [9.17, 15) is 19.3 Å². The molecule has 2 unspecified atom stereocenters. The van der Waals surface area contributed by atoms with Crippen LogP contribution in [0.1, 0.15) is 47.3 Å². The molecule has 1 saturated heterocycles. The first-order valence-electron chi connectivity index (χ1n) is 14.1. The van der Waals surface area contributed by atoms with Crippen LogP contribution in [0.25, 0.3) is 22.3 Å². The molecule has 4 aromatic rings. The summed E-state index contributed by atoms with van der Waals surface area (Å²) in [5.74, 6) is -0.440. The van der Waals surface area contributed by atoms with Crippen LogP contribution in [-0.2, 0) is 48.4 Å². The Labute approximate surface area is 257 Å². The van der Waals surface area contributed by atoms with Gasteiger partial charge in [-0.2, -0.15) is 0 Å². The van der Waals surface area contributed by atoms with E-state index in [4.69, 9.17) is 34.9 Å². The number of phosphoric acid groups is 1. The molecule has 0 radical (unpaired) electrons. The lowest BCUT2D eigenvalue weighted by Crippen LogP contribution is -2.44. The van der Waals surface area contributed by atoms with Gasteiger partial charge in [0.1, 0.15) is 18.5 Å². The van der Waals surface area contributed by atoms with Crippen LogP contribution in [0.2, 0.25) is 5.02 Å². The van der Waals surface area contributed by atoms with Crippen molar-refractivity contribution in [2.45, 2.75) is 44.7 Å². The van der Waals surface area contributed by atoms with Crippen LogP contribution >= 0.6 is 19.4 Å². The van der Waals surface area contributed by atoms with E-state index in [0.29, 0.717) is 34.2 Å². The van der Waals surface area contributed by atoms with Crippen molar-refractivity contribution in [3.05, 3.63) is 91.7 Å². The highest BCUT2D eigenvalue weighted by molar-refractivity contribution is 7.49. The van der Waals surface area contributed by atoms with Gasteiger partial charge in [-0.25, -0.2) is 14.3 Å². The Kier molecular flexibility index (Phi) is 6.97. The van der Waals surface area contributed by atoms with Crippen molar-refractivity contribution in [1.82, 2.24) is 14.5 Å². The molecule has 1 N–H and O–H groups in total. The minimum absolute atomic E-state index is 0.0457. The van der Waals surface area contributed by atoms with Gasteiger partial charge < -0.3 is 23.8 Å². The summed E-state index contributed by atoms with van der Waals surface area (Å²) in [5.41, 5.74) is 2.24. The summed E-state index contributed by atoms with van der Waals surface area (Å²) < 4.78 is 37.7. The smallest absolute Gasteiger partial charge is 0.458 e. The SMILES string of the molecule is CC[C@]1(O)C(=O)OCc2c1cc1n(c2=O)Cc2cc3c(CN(C)C)c(OP4(=O)OCC(c5cccc(Cl)c5)O4)ccc3nc2-1. The first-order valence-corrected chi connectivity index (χ1v) is 16.0. The number of aliphatic hydroxyl groups is 1. The van der Waals surface area contributed by atoms with Gasteiger partial charge in [0.15, 0.2) is 5.60 Å². The van der Waals surface area contributed by atoms with Crippen molar-refractivity contribution in [3.63, 3.8) is 0 Å². The van der Waals surface area contributed by atoms with Crippen molar-refractivity contribution in [1.29, 1.82) is 0 Å². The third kappa shape index (κ3) is 4.67. The molecule has 2 aromatic heterocycles. The molecule has 44 heavy (non-hydrogen) atoms. The van der Waals surface area contributed by atoms with Gasteiger partial charge in [0, 0.05) is 33.6 Å². The fourth-order valence-corrected chi connectivity index (χ4v) is 7.64. The number of aromatic nitrogens is 2. The largest absolute Gasteiger partial charge is 0.530 e. The molecule has 228 valence electrons. The Morgan fingerprint density at radius 1 is 1.20 bits per heavy atom. The van der Waals surface area contributed by atoms with Crippen molar-refractivity contribution >= 4 is 36.3 Å². The molecule has 3 aliphatic heterocycles. The van der Waals surface area contributed by atoms with E-state index in [1.54, 1.807) is 47.9 Å². The molecule has 3 aliphatic rings. The molecule has 0 spiro atoms. The number of carbonyl (C=O) groups excluding carboxylic acids is 1. The molecule has 5 heterocycles. The van der Waals surface area contributed by atoms with Crippen LogP contribution in [0.4, 0.5) is 0 Å². The molecule has 2 aromatic carbocycles. The molecule has 0 aliphatic carbocycles. The van der Waals surface area contributed by atoms with Gasteiger partial charge in [-0.05, 0) is 62.5 Å². The van der Waals surface area contributed by atoms with Gasteiger partial charge in [0.25, 0.3) is 5.56 Å². The molecule has 0 amide bonds. The first kappa shape index (κ1) is 29.2. The number of nitrogens with zero attached hydrogens (tertiary/aromatic N) is 3. The normalized spacial score (nSPS) is 23.9. The van der Waals surface area contributed by atoms with Crippen LogP contribution in [0.15, 0.2) is 53.3 Å². The number of halogens is 1. The Morgan fingerprint density at radius 3 is 2.77 bits per heavy atom. The van der Waals surface area contributed by atoms with Crippen molar-refractivity contribution in [2.75, 3.05) is 20.7 Å². The lowest BCUT2D eigenvalue weighted by atomic mass is 9.86. The maximum absolute atomic E-state index is 13.6. The third-order valence-electron chi connectivity index (χ3n) is 8.31. The van der Waals surface area contributed by atoms with E-state index in [1.807, 2.05) is 31.1 Å². The van der Waals surface area contributed by atoms with Crippen LogP contribution in [0, 0.1) is 0 Å². The van der Waals surface area contributed by atoms with E-state index < -0.39 is 25.5 Å². The Morgan fingerprint density at radius 2 is 2.02 bits per heavy atom. The number of fused-ring (bicyclic) bond motifs is 5. The van der Waals surface area contributed by atoms with E-state index in [2.05, 4.69) is 0 Å². The molecule has 0 saturated carbocycles. The van der Waals surface area contributed by atoms with Crippen LogP contribution in [0.3, 0.4) is 0 Å². The number of hydrogen-bond donors (Lipinski definition) is 1. The van der Waals surface area contributed by atoms with Crippen LogP contribution in [-0.4, -0.2) is 46.2 Å². The lowest BCUT2D eigenvalue weighted by molar-refractivity contribution is -0.172. The number of benzene rings is 2. The minimum atomic E-state index is -3.97. The van der Waals surface area contributed by atoms with Crippen molar-refractivity contribution < 1.29 is 32.8 Å². The molecular formula is C31H29ClN3O8P. The predicted molar refractivity (Wildman–Crippen MR) is 161 cm³/mol. The number of pyridine rings is 2. The summed E-state index contributed by atoms with van der Waals surface area (Å²) in [6.45, 7) is 2.19. The number of carbonyl (C=O) groups is 1. The molecule has 3 atom stereocenters. The van der Waals surface area contributed by atoms with Crippen LogP contribution < -0.4 is 10.1 Å². The Bertz CT molecular complexity index is 1980. The van der Waals surface area contributed by atoms with Gasteiger partial charge in [0.05, 0.1) is 35.6 Å². The first-order chi connectivity index (χ1) is 21.0. The fraction of sp³-hybridized carbons (Fsp3) is 0.323. The molecule has 11 nitrogen and oxygen atoms in total. The maximum Gasteiger partial charge on any atom is 0.530 e. The topological polar surface area (TPSA) is 129 Å². The monoisotopic (exact) mass is 637 g/mol. The van der Waals surface area contributed by atoms with Gasteiger partial charge in [0.2, 0.25) is 0 Å². The average Bonchev–Trinajstić information content (AvgIpc) is 3.56. The number of rotatable bonds is 6. The number of ether oxygens (including phenoxy) is 1. The lowest BCUT2D eigenvalue weighted by Gasteiger charge is -2.31. The second-order valence-electron chi connectivity index (χ2n) is 11.4. The van der Waals surface area contributed by atoms with Crippen LogP contribution in [0.5, 0.6) is 5.75 Å². The van der Waals surface area contributed by atoms with Gasteiger partial charge in [-0.1, -0.05) is 30.7 Å². The quantitative estimate of drug-likeness (QED) is 0.199. The highest BCUT2D eigenvalue weighted by Gasteiger charge is 2.45.